The van der Waals surface area contributed by atoms with Crippen LogP contribution in [0.2, 0.25) is 0 Å². The molecule has 0 amide bonds. The standard InChI is InChI=1S/C16H14N2O5S/c1-9-3-4-11(16(19)20)7-15(9)24(21,22)18-12-5-6-14-13(8-12)17-10(2)23-14/h3-8,18H,1-2H3,(H,19,20)/p-1. The lowest BCUT2D eigenvalue weighted by Crippen LogP contribution is -2.23. The maximum Gasteiger partial charge on any atom is 0.262 e. The van der Waals surface area contributed by atoms with Gasteiger partial charge in [0.05, 0.1) is 16.6 Å². The Morgan fingerprint density at radius 1 is 1.17 bits per heavy atom. The number of benzene rings is 2. The Kier molecular flexibility index (Phi) is 3.76. The number of sulfonamides is 1. The van der Waals surface area contributed by atoms with Crippen LogP contribution in [0, 0.1) is 13.8 Å². The first-order chi connectivity index (χ1) is 11.3. The molecule has 0 radical (unpaired) electrons. The second-order valence-electron chi connectivity index (χ2n) is 5.29. The summed E-state index contributed by atoms with van der Waals surface area (Å²) >= 11 is 0. The van der Waals surface area contributed by atoms with Gasteiger partial charge >= 0.3 is 0 Å². The first-order valence-corrected chi connectivity index (χ1v) is 8.46. The van der Waals surface area contributed by atoms with Crippen LogP contribution in [0.4, 0.5) is 5.69 Å². The minimum Gasteiger partial charge on any atom is -0.545 e. The van der Waals surface area contributed by atoms with Crippen LogP contribution in [0.25, 0.3) is 11.1 Å². The molecule has 1 aromatic heterocycles. The highest BCUT2D eigenvalue weighted by Gasteiger charge is 2.18. The van der Waals surface area contributed by atoms with Crippen LogP contribution in [0.3, 0.4) is 0 Å². The van der Waals surface area contributed by atoms with Crippen molar-refractivity contribution in [3.63, 3.8) is 0 Å². The highest BCUT2D eigenvalue weighted by Crippen LogP contribution is 2.24. The number of nitrogens with one attached hydrogen (secondary N) is 1. The SMILES string of the molecule is Cc1nc2cc(NS(=O)(=O)c3cc(C(=O)[O-])ccc3C)ccc2o1. The Morgan fingerprint density at radius 3 is 2.62 bits per heavy atom. The van der Waals surface area contributed by atoms with Gasteiger partial charge in [0.25, 0.3) is 10.0 Å². The van der Waals surface area contributed by atoms with E-state index in [4.69, 9.17) is 4.42 Å². The normalized spacial score (nSPS) is 11.6. The highest BCUT2D eigenvalue weighted by molar-refractivity contribution is 7.92. The fourth-order valence-corrected chi connectivity index (χ4v) is 3.65. The maximum atomic E-state index is 12.6. The van der Waals surface area contributed by atoms with E-state index in [-0.39, 0.29) is 10.5 Å². The van der Waals surface area contributed by atoms with E-state index in [1.165, 1.54) is 12.1 Å². The predicted octanol–water partition coefficient (Wildman–Crippen LogP) is 1.61. The molecule has 1 N–H and O–H groups in total. The molecule has 0 spiro atoms. The summed E-state index contributed by atoms with van der Waals surface area (Å²) in [5.74, 6) is -0.964. The van der Waals surface area contributed by atoms with Crippen LogP contribution in [0.1, 0.15) is 21.8 Å². The molecule has 0 atom stereocenters. The molecule has 0 aliphatic heterocycles. The molecule has 0 saturated carbocycles. The van der Waals surface area contributed by atoms with Gasteiger partial charge in [-0.25, -0.2) is 13.4 Å². The zero-order chi connectivity index (χ0) is 17.5. The first-order valence-electron chi connectivity index (χ1n) is 6.98. The molecule has 8 heteroatoms. The van der Waals surface area contributed by atoms with E-state index in [1.807, 2.05) is 0 Å². The molecule has 1 heterocycles. The molecule has 0 fully saturated rings. The smallest absolute Gasteiger partial charge is 0.262 e. The predicted molar refractivity (Wildman–Crippen MR) is 85.1 cm³/mol. The van der Waals surface area contributed by atoms with Gasteiger partial charge in [-0.05, 0) is 42.3 Å². The summed E-state index contributed by atoms with van der Waals surface area (Å²) < 4.78 is 32.9. The Bertz CT molecular complexity index is 1050. The second kappa shape index (κ2) is 5.64. The summed E-state index contributed by atoms with van der Waals surface area (Å²) in [5.41, 5.74) is 1.59. The van der Waals surface area contributed by atoms with Crippen LogP contribution >= 0.6 is 0 Å². The minimum absolute atomic E-state index is 0.124. The van der Waals surface area contributed by atoms with Crippen molar-refractivity contribution in [2.75, 3.05) is 4.72 Å². The Labute approximate surface area is 138 Å². The average Bonchev–Trinajstić information content (AvgIpc) is 2.86. The van der Waals surface area contributed by atoms with E-state index in [1.54, 1.807) is 32.0 Å². The molecule has 24 heavy (non-hydrogen) atoms. The lowest BCUT2D eigenvalue weighted by Gasteiger charge is -2.12. The number of aryl methyl sites for hydroxylation is 2. The third-order valence-electron chi connectivity index (χ3n) is 3.46. The summed E-state index contributed by atoms with van der Waals surface area (Å²) in [6.45, 7) is 3.27. The van der Waals surface area contributed by atoms with Gasteiger partial charge in [0.2, 0.25) is 0 Å². The van der Waals surface area contributed by atoms with Crippen LogP contribution < -0.4 is 9.83 Å². The molecule has 0 aliphatic carbocycles. The minimum atomic E-state index is -3.96. The zero-order valence-corrected chi connectivity index (χ0v) is 13.7. The quantitative estimate of drug-likeness (QED) is 0.769. The number of fused-ring (bicyclic) bond motifs is 1. The molecular formula is C16H13N2O5S-. The molecule has 0 bridgehead atoms. The highest BCUT2D eigenvalue weighted by atomic mass is 32.2. The number of carbonyl (C=O) groups is 1. The van der Waals surface area contributed by atoms with Crippen molar-refractivity contribution in [3.8, 4) is 0 Å². The van der Waals surface area contributed by atoms with Crippen molar-refractivity contribution < 1.29 is 22.7 Å². The second-order valence-corrected chi connectivity index (χ2v) is 6.94. The van der Waals surface area contributed by atoms with Crippen molar-refractivity contribution in [1.82, 2.24) is 4.98 Å². The fraction of sp³-hybridized carbons (Fsp3) is 0.125. The molecule has 0 unspecified atom stereocenters. The van der Waals surface area contributed by atoms with E-state index < -0.39 is 16.0 Å². The zero-order valence-electron chi connectivity index (χ0n) is 12.9. The van der Waals surface area contributed by atoms with Crippen LogP contribution in [0.15, 0.2) is 45.7 Å². The van der Waals surface area contributed by atoms with Gasteiger partial charge in [-0.3, -0.25) is 4.72 Å². The van der Waals surface area contributed by atoms with Gasteiger partial charge in [-0.1, -0.05) is 12.1 Å². The number of aromatic nitrogens is 1. The molecular weight excluding hydrogens is 332 g/mol. The van der Waals surface area contributed by atoms with E-state index in [0.29, 0.717) is 28.2 Å². The Morgan fingerprint density at radius 2 is 1.92 bits per heavy atom. The third kappa shape index (κ3) is 2.95. The Hall–Kier alpha value is -2.87. The number of carboxylic acid groups (broad SMARTS) is 1. The topological polar surface area (TPSA) is 112 Å². The van der Waals surface area contributed by atoms with Crippen molar-refractivity contribution in [1.29, 1.82) is 0 Å². The van der Waals surface area contributed by atoms with Crippen LogP contribution in [0.5, 0.6) is 0 Å². The average molecular weight is 345 g/mol. The van der Waals surface area contributed by atoms with E-state index in [2.05, 4.69) is 9.71 Å². The van der Waals surface area contributed by atoms with Gasteiger partial charge in [-0.2, -0.15) is 0 Å². The summed E-state index contributed by atoms with van der Waals surface area (Å²) in [6, 6.07) is 8.49. The molecule has 2 aromatic carbocycles. The fourth-order valence-electron chi connectivity index (χ4n) is 2.33. The Balaban J connectivity index is 2.00. The van der Waals surface area contributed by atoms with Gasteiger partial charge in [0, 0.05) is 6.92 Å². The monoisotopic (exact) mass is 345 g/mol. The summed E-state index contributed by atoms with van der Waals surface area (Å²) in [7, 11) is -3.96. The number of oxazole rings is 1. The van der Waals surface area contributed by atoms with Crippen molar-refractivity contribution in [3.05, 3.63) is 53.4 Å². The van der Waals surface area contributed by atoms with Crippen molar-refractivity contribution in [2.45, 2.75) is 18.7 Å². The number of carboxylic acids is 1. The van der Waals surface area contributed by atoms with Gasteiger partial charge in [0.1, 0.15) is 5.52 Å². The van der Waals surface area contributed by atoms with Crippen molar-refractivity contribution in [2.24, 2.45) is 0 Å². The summed E-state index contributed by atoms with van der Waals surface area (Å²) in [5, 5.41) is 11.0. The number of hydrogen-bond donors (Lipinski definition) is 1. The van der Waals surface area contributed by atoms with E-state index >= 15 is 0 Å². The molecule has 0 saturated heterocycles. The lowest BCUT2D eigenvalue weighted by molar-refractivity contribution is -0.255. The number of carbonyl (C=O) groups excluding carboxylic acids is 1. The summed E-state index contributed by atoms with van der Waals surface area (Å²) in [4.78, 5) is 15.0. The maximum absolute atomic E-state index is 12.6. The van der Waals surface area contributed by atoms with Crippen molar-refractivity contribution >= 4 is 32.8 Å². The third-order valence-corrected chi connectivity index (χ3v) is 4.98. The molecule has 3 aromatic rings. The van der Waals surface area contributed by atoms with E-state index in [0.717, 1.165) is 6.07 Å². The van der Waals surface area contributed by atoms with Gasteiger partial charge < -0.3 is 14.3 Å². The number of rotatable bonds is 4. The number of aromatic carboxylic acids is 1. The largest absolute Gasteiger partial charge is 0.545 e. The molecule has 7 nitrogen and oxygen atoms in total. The number of anilines is 1. The number of hydrogen-bond acceptors (Lipinski definition) is 6. The lowest BCUT2D eigenvalue weighted by atomic mass is 10.1. The summed E-state index contributed by atoms with van der Waals surface area (Å²) in [6.07, 6.45) is 0. The first kappa shape index (κ1) is 16.0. The van der Waals surface area contributed by atoms with Gasteiger partial charge in [0.15, 0.2) is 11.5 Å². The molecule has 3 rings (SSSR count). The molecule has 0 aliphatic rings. The van der Waals surface area contributed by atoms with Gasteiger partial charge in [-0.15, -0.1) is 0 Å². The van der Waals surface area contributed by atoms with Crippen LogP contribution in [-0.4, -0.2) is 19.4 Å². The number of nitrogens with zero attached hydrogens (tertiary/aromatic N) is 1. The van der Waals surface area contributed by atoms with E-state index in [9.17, 15) is 18.3 Å². The molecule has 124 valence electrons. The van der Waals surface area contributed by atoms with Crippen LogP contribution in [-0.2, 0) is 10.0 Å².